The molecule has 4 rings (SSSR count). The zero-order valence-electron chi connectivity index (χ0n) is 14.9. The smallest absolute Gasteiger partial charge is 0.506 e. The molecule has 0 heterocycles. The van der Waals surface area contributed by atoms with E-state index in [1.165, 1.54) is 12.1 Å². The first-order valence-corrected chi connectivity index (χ1v) is 9.50. The molecule has 0 fully saturated rings. The number of hydrogen-bond acceptors (Lipinski definition) is 5. The second-order valence-electron chi connectivity index (χ2n) is 5.99. The summed E-state index contributed by atoms with van der Waals surface area (Å²) in [7, 11) is -4.28. The van der Waals surface area contributed by atoms with Gasteiger partial charge in [-0.25, -0.2) is 0 Å². The summed E-state index contributed by atoms with van der Waals surface area (Å²) in [5.41, 5.74) is 0.876. The van der Waals surface area contributed by atoms with Crippen LogP contribution in [0.15, 0.2) is 87.9 Å². The van der Waals surface area contributed by atoms with Gasteiger partial charge in [0.15, 0.2) is 0 Å². The Morgan fingerprint density at radius 3 is 2.29 bits per heavy atom. The van der Waals surface area contributed by atoms with E-state index in [1.54, 1.807) is 36.4 Å². The maximum atomic E-state index is 11.3. The number of azo groups is 1. The van der Waals surface area contributed by atoms with Crippen molar-refractivity contribution in [2.75, 3.05) is 0 Å². The quantitative estimate of drug-likeness (QED) is 0.313. The molecule has 0 aliphatic rings. The molecule has 28 heavy (non-hydrogen) atoms. The zero-order chi connectivity index (χ0) is 19.0. The molecule has 0 aliphatic carbocycles. The standard InChI is InChI=1S/C20H14N2O4S.Na/c23-19-11-8-13-4-1-2-6-17(13)20(19)22-21-18-7-3-5-14-12-15(27(24,25)26)9-10-16(14)18;/h1-12,23H,(H,24,25,26);/q;+1. The van der Waals surface area contributed by atoms with Gasteiger partial charge in [0, 0.05) is 10.8 Å². The minimum atomic E-state index is -4.28. The Kier molecular flexibility index (Phi) is 5.83. The third-order valence-electron chi connectivity index (χ3n) is 4.26. The topological polar surface area (TPSA) is 99.3 Å². The van der Waals surface area contributed by atoms with E-state index in [0.717, 1.165) is 10.8 Å². The molecule has 0 atom stereocenters. The van der Waals surface area contributed by atoms with Crippen LogP contribution >= 0.6 is 0 Å². The summed E-state index contributed by atoms with van der Waals surface area (Å²) in [5.74, 6) is 0.0198. The van der Waals surface area contributed by atoms with Crippen LogP contribution in [0, 0.1) is 0 Å². The fraction of sp³-hybridized carbons (Fsp3) is 0. The number of phenolic OH excluding ortho intramolecular Hbond substituents is 1. The molecular formula is C20H14N2NaO4S+. The molecule has 134 valence electrons. The van der Waals surface area contributed by atoms with Crippen molar-refractivity contribution in [3.63, 3.8) is 0 Å². The molecule has 0 saturated heterocycles. The number of nitrogens with zero attached hydrogens (tertiary/aromatic N) is 2. The van der Waals surface area contributed by atoms with Crippen molar-refractivity contribution in [3.05, 3.63) is 72.8 Å². The van der Waals surface area contributed by atoms with Gasteiger partial charge in [-0.15, -0.1) is 10.2 Å². The number of fused-ring (bicyclic) bond motifs is 2. The molecule has 6 nitrogen and oxygen atoms in total. The summed E-state index contributed by atoms with van der Waals surface area (Å²) in [6, 6.07) is 20.3. The fourth-order valence-corrected chi connectivity index (χ4v) is 3.46. The summed E-state index contributed by atoms with van der Waals surface area (Å²) in [4.78, 5) is -0.184. The van der Waals surface area contributed by atoms with Crippen LogP contribution < -0.4 is 29.6 Å². The van der Waals surface area contributed by atoms with E-state index in [4.69, 9.17) is 0 Å². The monoisotopic (exact) mass is 401 g/mol. The van der Waals surface area contributed by atoms with Crippen molar-refractivity contribution in [1.29, 1.82) is 0 Å². The van der Waals surface area contributed by atoms with Crippen molar-refractivity contribution in [2.24, 2.45) is 10.2 Å². The SMILES string of the molecule is O=S(=O)(O)c1ccc2c(N=Nc3c(O)ccc4ccccc34)cccc2c1.[Na+]. The van der Waals surface area contributed by atoms with Gasteiger partial charge in [0.05, 0.1) is 10.6 Å². The molecule has 2 N–H and O–H groups in total. The van der Waals surface area contributed by atoms with Crippen LogP contribution in [0.1, 0.15) is 0 Å². The van der Waals surface area contributed by atoms with Gasteiger partial charge in [-0.1, -0.05) is 48.5 Å². The minimum Gasteiger partial charge on any atom is -0.506 e. The number of hydrogen-bond donors (Lipinski definition) is 2. The number of phenols is 1. The number of aromatic hydroxyl groups is 1. The molecular weight excluding hydrogens is 387 g/mol. The van der Waals surface area contributed by atoms with Crippen molar-refractivity contribution < 1.29 is 47.6 Å². The van der Waals surface area contributed by atoms with Crippen molar-refractivity contribution in [3.8, 4) is 5.75 Å². The molecule has 4 aromatic rings. The molecule has 8 heteroatoms. The maximum absolute atomic E-state index is 11.3. The predicted octanol–water partition coefficient (Wildman–Crippen LogP) is 2.36. The van der Waals surface area contributed by atoms with E-state index in [0.29, 0.717) is 22.1 Å². The van der Waals surface area contributed by atoms with Crippen molar-refractivity contribution in [1.82, 2.24) is 0 Å². The van der Waals surface area contributed by atoms with Crippen LogP contribution in [0.3, 0.4) is 0 Å². The van der Waals surface area contributed by atoms with E-state index >= 15 is 0 Å². The molecule has 0 bridgehead atoms. The summed E-state index contributed by atoms with van der Waals surface area (Å²) >= 11 is 0. The van der Waals surface area contributed by atoms with Gasteiger partial charge in [0.2, 0.25) is 0 Å². The summed E-state index contributed by atoms with van der Waals surface area (Å²) in [6.07, 6.45) is 0. The van der Waals surface area contributed by atoms with Crippen molar-refractivity contribution in [2.45, 2.75) is 4.90 Å². The Balaban J connectivity index is 0.00000225. The average Bonchev–Trinajstić information content (AvgIpc) is 2.66. The molecule has 0 saturated carbocycles. The molecule has 0 spiro atoms. The van der Waals surface area contributed by atoms with Gasteiger partial charge < -0.3 is 5.11 Å². The first-order chi connectivity index (χ1) is 12.9. The normalized spacial score (nSPS) is 11.8. The van der Waals surface area contributed by atoms with E-state index in [9.17, 15) is 18.1 Å². The summed E-state index contributed by atoms with van der Waals surface area (Å²) in [6.45, 7) is 0. The molecule has 4 aromatic carbocycles. The minimum absolute atomic E-state index is 0. The van der Waals surface area contributed by atoms with Crippen LogP contribution in [0.25, 0.3) is 21.5 Å². The molecule has 0 aliphatic heterocycles. The zero-order valence-corrected chi connectivity index (χ0v) is 17.8. The Morgan fingerprint density at radius 1 is 0.750 bits per heavy atom. The molecule has 0 radical (unpaired) electrons. The van der Waals surface area contributed by atoms with Crippen LogP contribution in [-0.4, -0.2) is 18.1 Å². The Labute approximate surface area is 183 Å². The first kappa shape index (κ1) is 20.4. The Hall–Kier alpha value is -2.29. The fourth-order valence-electron chi connectivity index (χ4n) is 2.94. The van der Waals surface area contributed by atoms with E-state index in [1.807, 2.05) is 24.3 Å². The second kappa shape index (κ2) is 7.98. The van der Waals surface area contributed by atoms with Gasteiger partial charge in [-0.3, -0.25) is 4.55 Å². The number of rotatable bonds is 3. The maximum Gasteiger partial charge on any atom is 1.00 e. The van der Waals surface area contributed by atoms with Gasteiger partial charge in [-0.2, -0.15) is 8.42 Å². The third kappa shape index (κ3) is 3.94. The van der Waals surface area contributed by atoms with Gasteiger partial charge in [-0.05, 0) is 35.0 Å². The summed E-state index contributed by atoms with van der Waals surface area (Å²) in [5, 5.41) is 21.6. The van der Waals surface area contributed by atoms with Crippen LogP contribution in [0.2, 0.25) is 0 Å². The molecule has 0 aromatic heterocycles. The molecule has 0 unspecified atom stereocenters. The van der Waals surface area contributed by atoms with Gasteiger partial charge >= 0.3 is 29.6 Å². The Bertz CT molecular complexity index is 1320. The Morgan fingerprint density at radius 2 is 1.50 bits per heavy atom. The predicted molar refractivity (Wildman–Crippen MR) is 104 cm³/mol. The van der Waals surface area contributed by atoms with Crippen LogP contribution in [0.4, 0.5) is 11.4 Å². The van der Waals surface area contributed by atoms with E-state index in [2.05, 4.69) is 10.2 Å². The van der Waals surface area contributed by atoms with Crippen LogP contribution in [0.5, 0.6) is 5.75 Å². The second-order valence-corrected chi connectivity index (χ2v) is 7.41. The summed E-state index contributed by atoms with van der Waals surface area (Å²) < 4.78 is 31.8. The van der Waals surface area contributed by atoms with Gasteiger partial charge in [0.25, 0.3) is 10.1 Å². The van der Waals surface area contributed by atoms with E-state index in [-0.39, 0.29) is 40.2 Å². The third-order valence-corrected chi connectivity index (χ3v) is 5.11. The first-order valence-electron chi connectivity index (χ1n) is 8.06. The largest absolute Gasteiger partial charge is 1.00 e. The van der Waals surface area contributed by atoms with Gasteiger partial charge in [0.1, 0.15) is 11.4 Å². The van der Waals surface area contributed by atoms with Crippen LogP contribution in [-0.2, 0) is 10.1 Å². The van der Waals surface area contributed by atoms with Crippen molar-refractivity contribution >= 4 is 43.0 Å². The number of benzene rings is 4. The van der Waals surface area contributed by atoms with E-state index < -0.39 is 10.1 Å². The average molecular weight is 401 g/mol. The molecule has 0 amide bonds.